The molecule has 0 aliphatic heterocycles. The molecule has 0 bridgehead atoms. The maximum atomic E-state index is 11.9. The van der Waals surface area contributed by atoms with E-state index in [4.69, 9.17) is 14.2 Å². The van der Waals surface area contributed by atoms with Crippen molar-refractivity contribution in [3.63, 3.8) is 0 Å². The standard InChI is InChI=1S/C31H61NO4/c1-5-7-9-11-13-14-16-18-23-27-36-31(33)24-20-19-22-26-35-29-30(32(3)4)28-34-25-21-17-15-12-10-8-6-2/h18,23,30H,5-17,19-22,24-29H2,1-4H3. The first-order valence-corrected chi connectivity index (χ1v) is 15.2. The van der Waals surface area contributed by atoms with Gasteiger partial charge in [0.05, 0.1) is 19.3 Å². The molecular weight excluding hydrogens is 450 g/mol. The highest BCUT2D eigenvalue weighted by Gasteiger charge is 2.12. The summed E-state index contributed by atoms with van der Waals surface area (Å²) in [6, 6.07) is 0.290. The Balaban J connectivity index is 3.54. The normalized spacial score (nSPS) is 12.6. The summed E-state index contributed by atoms with van der Waals surface area (Å²) in [5, 5.41) is 0. The number of allylic oxidation sites excluding steroid dienone is 1. The van der Waals surface area contributed by atoms with Crippen molar-refractivity contribution in [3.8, 4) is 0 Å². The molecule has 0 aliphatic rings. The Morgan fingerprint density at radius 3 is 1.72 bits per heavy atom. The Labute approximate surface area is 224 Å². The van der Waals surface area contributed by atoms with Crippen LogP contribution in [0.1, 0.15) is 129 Å². The van der Waals surface area contributed by atoms with Gasteiger partial charge in [-0.2, -0.15) is 0 Å². The first kappa shape index (κ1) is 35.1. The number of likely N-dealkylation sites (N-methyl/N-ethyl adjacent to an activating group) is 1. The maximum Gasteiger partial charge on any atom is 0.306 e. The molecule has 1 unspecified atom stereocenters. The van der Waals surface area contributed by atoms with E-state index in [0.717, 1.165) is 51.9 Å². The van der Waals surface area contributed by atoms with Gasteiger partial charge in [-0.25, -0.2) is 0 Å². The average molecular weight is 512 g/mol. The van der Waals surface area contributed by atoms with Crippen LogP contribution in [0.2, 0.25) is 0 Å². The van der Waals surface area contributed by atoms with E-state index in [1.165, 1.54) is 77.0 Å². The second-order valence-electron chi connectivity index (χ2n) is 10.4. The molecule has 0 heterocycles. The molecule has 0 N–H and O–H groups in total. The van der Waals surface area contributed by atoms with Gasteiger partial charge in [0, 0.05) is 19.6 Å². The van der Waals surface area contributed by atoms with E-state index in [1.54, 1.807) is 0 Å². The SMILES string of the molecule is CCCCCCCCC=CCOC(=O)CCCCCOCC(COCCCCCCCCC)N(C)C. The van der Waals surface area contributed by atoms with Gasteiger partial charge in [-0.15, -0.1) is 0 Å². The highest BCUT2D eigenvalue weighted by atomic mass is 16.5. The first-order chi connectivity index (χ1) is 17.6. The highest BCUT2D eigenvalue weighted by Crippen LogP contribution is 2.09. The second-order valence-corrected chi connectivity index (χ2v) is 10.4. The van der Waals surface area contributed by atoms with Gasteiger partial charge in [0.1, 0.15) is 6.61 Å². The number of esters is 1. The van der Waals surface area contributed by atoms with Crippen LogP contribution in [0, 0.1) is 0 Å². The molecule has 0 aliphatic carbocycles. The van der Waals surface area contributed by atoms with E-state index >= 15 is 0 Å². The minimum absolute atomic E-state index is 0.0917. The van der Waals surface area contributed by atoms with Gasteiger partial charge in [0.15, 0.2) is 0 Å². The zero-order valence-corrected chi connectivity index (χ0v) is 24.6. The summed E-state index contributed by atoms with van der Waals surface area (Å²) in [7, 11) is 4.17. The van der Waals surface area contributed by atoms with E-state index in [2.05, 4.69) is 38.9 Å². The molecule has 0 fully saturated rings. The van der Waals surface area contributed by atoms with Crippen molar-refractivity contribution >= 4 is 5.97 Å². The van der Waals surface area contributed by atoms with Gasteiger partial charge >= 0.3 is 5.97 Å². The third kappa shape index (κ3) is 26.2. The number of rotatable bonds is 28. The Morgan fingerprint density at radius 1 is 0.667 bits per heavy atom. The lowest BCUT2D eigenvalue weighted by atomic mass is 10.1. The molecule has 0 aromatic rings. The van der Waals surface area contributed by atoms with Crippen LogP contribution in [0.3, 0.4) is 0 Å². The van der Waals surface area contributed by atoms with Gasteiger partial charge in [-0.05, 0) is 46.2 Å². The number of carbonyl (C=O) groups is 1. The molecular formula is C31H61NO4. The largest absolute Gasteiger partial charge is 0.461 e. The van der Waals surface area contributed by atoms with Gasteiger partial charge in [-0.3, -0.25) is 4.79 Å². The van der Waals surface area contributed by atoms with Crippen LogP contribution in [0.4, 0.5) is 0 Å². The molecule has 5 nitrogen and oxygen atoms in total. The smallest absolute Gasteiger partial charge is 0.306 e. The van der Waals surface area contributed by atoms with Crippen LogP contribution in [0.25, 0.3) is 0 Å². The number of hydrogen-bond donors (Lipinski definition) is 0. The summed E-state index contributed by atoms with van der Waals surface area (Å²) in [6.45, 7) is 7.91. The zero-order valence-electron chi connectivity index (χ0n) is 24.6. The fourth-order valence-corrected chi connectivity index (χ4v) is 4.04. The number of carbonyl (C=O) groups excluding carboxylic acids is 1. The van der Waals surface area contributed by atoms with Gasteiger partial charge in [0.25, 0.3) is 0 Å². The topological polar surface area (TPSA) is 48.0 Å². The van der Waals surface area contributed by atoms with Crippen molar-refractivity contribution < 1.29 is 19.0 Å². The summed E-state index contributed by atoms with van der Waals surface area (Å²) in [4.78, 5) is 14.0. The van der Waals surface area contributed by atoms with Gasteiger partial charge in [0.2, 0.25) is 0 Å². The summed E-state index contributed by atoms with van der Waals surface area (Å²) in [6.07, 6.45) is 25.6. The second kappa shape index (κ2) is 28.7. The van der Waals surface area contributed by atoms with E-state index < -0.39 is 0 Å². The fourth-order valence-electron chi connectivity index (χ4n) is 4.04. The minimum atomic E-state index is -0.0917. The Morgan fingerprint density at radius 2 is 1.17 bits per heavy atom. The van der Waals surface area contributed by atoms with Gasteiger partial charge < -0.3 is 19.1 Å². The van der Waals surface area contributed by atoms with Crippen LogP contribution in [-0.4, -0.2) is 64.0 Å². The van der Waals surface area contributed by atoms with Crippen LogP contribution < -0.4 is 0 Å². The number of unbranched alkanes of at least 4 members (excludes halogenated alkanes) is 14. The predicted octanol–water partition coefficient (Wildman–Crippen LogP) is 8.11. The van der Waals surface area contributed by atoms with E-state index in [9.17, 15) is 4.79 Å². The molecule has 36 heavy (non-hydrogen) atoms. The molecule has 0 saturated carbocycles. The van der Waals surface area contributed by atoms with Crippen molar-refractivity contribution in [1.82, 2.24) is 4.90 Å². The lowest BCUT2D eigenvalue weighted by molar-refractivity contribution is -0.142. The fraction of sp³-hybridized carbons (Fsp3) is 0.903. The molecule has 0 amide bonds. The molecule has 0 aromatic heterocycles. The lowest BCUT2D eigenvalue weighted by Crippen LogP contribution is -2.37. The molecule has 5 heteroatoms. The summed E-state index contributed by atoms with van der Waals surface area (Å²) < 4.78 is 17.1. The van der Waals surface area contributed by atoms with Crippen molar-refractivity contribution in [1.29, 1.82) is 0 Å². The Hall–Kier alpha value is -0.910. The molecule has 1 atom stereocenters. The third-order valence-corrected chi connectivity index (χ3v) is 6.64. The Kier molecular flexibility index (Phi) is 27.9. The minimum Gasteiger partial charge on any atom is -0.461 e. The number of ether oxygens (including phenoxy) is 3. The Bertz CT molecular complexity index is 481. The van der Waals surface area contributed by atoms with Crippen molar-refractivity contribution in [2.75, 3.05) is 47.1 Å². The van der Waals surface area contributed by atoms with Crippen molar-refractivity contribution in [3.05, 3.63) is 12.2 Å². The first-order valence-electron chi connectivity index (χ1n) is 15.2. The van der Waals surface area contributed by atoms with Crippen LogP contribution in [0.5, 0.6) is 0 Å². The van der Waals surface area contributed by atoms with Crippen LogP contribution in [0.15, 0.2) is 12.2 Å². The quantitative estimate of drug-likeness (QED) is 0.0603. The van der Waals surface area contributed by atoms with E-state index in [-0.39, 0.29) is 5.97 Å². The monoisotopic (exact) mass is 511 g/mol. The third-order valence-electron chi connectivity index (χ3n) is 6.64. The average Bonchev–Trinajstić information content (AvgIpc) is 2.86. The predicted molar refractivity (Wildman–Crippen MR) is 154 cm³/mol. The van der Waals surface area contributed by atoms with Crippen LogP contribution >= 0.6 is 0 Å². The van der Waals surface area contributed by atoms with Gasteiger partial charge in [-0.1, -0.05) is 103 Å². The van der Waals surface area contributed by atoms with Crippen LogP contribution in [-0.2, 0) is 19.0 Å². The summed E-state index contributed by atoms with van der Waals surface area (Å²) >= 11 is 0. The molecule has 0 saturated heterocycles. The van der Waals surface area contributed by atoms with Crippen molar-refractivity contribution in [2.24, 2.45) is 0 Å². The van der Waals surface area contributed by atoms with Crippen molar-refractivity contribution in [2.45, 2.75) is 135 Å². The maximum absolute atomic E-state index is 11.9. The lowest BCUT2D eigenvalue weighted by Gasteiger charge is -2.24. The van der Waals surface area contributed by atoms with E-state index in [1.807, 2.05) is 6.08 Å². The number of nitrogens with zero attached hydrogens (tertiary/aromatic N) is 1. The van der Waals surface area contributed by atoms with E-state index in [0.29, 0.717) is 25.7 Å². The zero-order chi connectivity index (χ0) is 26.5. The molecule has 0 aromatic carbocycles. The molecule has 0 spiro atoms. The molecule has 0 rings (SSSR count). The molecule has 214 valence electrons. The number of hydrogen-bond acceptors (Lipinski definition) is 5. The highest BCUT2D eigenvalue weighted by molar-refractivity contribution is 5.69. The summed E-state index contributed by atoms with van der Waals surface area (Å²) in [5.74, 6) is -0.0917. The molecule has 0 radical (unpaired) electrons. The summed E-state index contributed by atoms with van der Waals surface area (Å²) in [5.41, 5.74) is 0.